The lowest BCUT2D eigenvalue weighted by atomic mass is 10.0. The van der Waals surface area contributed by atoms with Crippen LogP contribution in [0.1, 0.15) is 21.7 Å². The summed E-state index contributed by atoms with van der Waals surface area (Å²) in [6, 6.07) is 13.9. The molecule has 0 atom stereocenters. The minimum absolute atomic E-state index is 0.184. The summed E-state index contributed by atoms with van der Waals surface area (Å²) >= 11 is 0. The number of furan rings is 1. The van der Waals surface area contributed by atoms with Crippen molar-refractivity contribution in [2.45, 2.75) is 13.1 Å². The lowest BCUT2D eigenvalue weighted by Crippen LogP contribution is -2.33. The molecule has 0 bridgehead atoms. The zero-order chi connectivity index (χ0) is 23.1. The Kier molecular flexibility index (Phi) is 4.97. The minimum atomic E-state index is -0.447. The molecule has 0 spiro atoms. The highest BCUT2D eigenvalue weighted by Gasteiger charge is 2.34. The van der Waals surface area contributed by atoms with Crippen LogP contribution in [0.3, 0.4) is 0 Å². The topological polar surface area (TPSA) is 99.8 Å². The van der Waals surface area contributed by atoms with Crippen molar-refractivity contribution in [3.8, 4) is 22.8 Å². The van der Waals surface area contributed by atoms with Gasteiger partial charge in [0.15, 0.2) is 17.3 Å². The molecule has 166 valence electrons. The third-order valence-electron chi connectivity index (χ3n) is 5.78. The summed E-state index contributed by atoms with van der Waals surface area (Å²) in [5.41, 5.74) is 1.44. The number of ketones is 1. The Hall–Kier alpha value is -4.33. The summed E-state index contributed by atoms with van der Waals surface area (Å²) in [7, 11) is 2.90. The lowest BCUT2D eigenvalue weighted by Gasteiger charge is -2.17. The van der Waals surface area contributed by atoms with Gasteiger partial charge >= 0.3 is 0 Å². The Morgan fingerprint density at radius 3 is 2.48 bits per heavy atom. The number of carbonyl (C=O) groups excluding carboxylic acids is 2. The molecule has 1 amide bonds. The molecule has 0 fully saturated rings. The molecule has 33 heavy (non-hydrogen) atoms. The van der Waals surface area contributed by atoms with Crippen molar-refractivity contribution < 1.29 is 23.5 Å². The maximum Gasteiger partial charge on any atom is 0.263 e. The predicted octanol–water partition coefficient (Wildman–Crippen LogP) is 3.14. The number of hydrogen-bond acceptors (Lipinski definition) is 6. The highest BCUT2D eigenvalue weighted by molar-refractivity contribution is 6.27. The third kappa shape index (κ3) is 3.18. The summed E-state index contributed by atoms with van der Waals surface area (Å²) in [5, 5.41) is 3.40. The van der Waals surface area contributed by atoms with E-state index in [0.29, 0.717) is 39.3 Å². The number of methoxy groups -OCH3 is 2. The fraction of sp³-hybridized carbons (Fsp3) is 0.160. The van der Waals surface area contributed by atoms with E-state index in [1.807, 2.05) is 0 Å². The van der Waals surface area contributed by atoms with Gasteiger partial charge in [0.05, 0.1) is 43.7 Å². The standard InChI is InChI=1S/C25H20N2O6/c1-31-18-10-9-17-20-22(15-7-3-4-8-16(15)23(20)29)27(25(30)21(17)24(18)32-2)13-19(28)26-12-14-6-5-11-33-14/h3-11H,12-13H2,1-2H3,(H,26,28). The van der Waals surface area contributed by atoms with Crippen LogP contribution in [0.25, 0.3) is 22.0 Å². The van der Waals surface area contributed by atoms with E-state index in [2.05, 4.69) is 5.32 Å². The van der Waals surface area contributed by atoms with E-state index in [-0.39, 0.29) is 30.0 Å². The summed E-state index contributed by atoms with van der Waals surface area (Å²) < 4.78 is 17.4. The van der Waals surface area contributed by atoms with Gasteiger partial charge in [-0.25, -0.2) is 0 Å². The molecule has 1 aliphatic rings. The third-order valence-corrected chi connectivity index (χ3v) is 5.78. The molecule has 8 heteroatoms. The van der Waals surface area contributed by atoms with Gasteiger partial charge in [0.2, 0.25) is 5.91 Å². The van der Waals surface area contributed by atoms with Crippen molar-refractivity contribution in [1.82, 2.24) is 9.88 Å². The van der Waals surface area contributed by atoms with E-state index in [4.69, 9.17) is 13.9 Å². The normalized spacial score (nSPS) is 11.9. The first-order valence-electron chi connectivity index (χ1n) is 10.3. The highest BCUT2D eigenvalue weighted by Crippen LogP contribution is 2.42. The smallest absolute Gasteiger partial charge is 0.263 e. The molecule has 2 aromatic heterocycles. The predicted molar refractivity (Wildman–Crippen MR) is 121 cm³/mol. The molecule has 4 aromatic rings. The number of pyridine rings is 1. The van der Waals surface area contributed by atoms with Crippen molar-refractivity contribution >= 4 is 22.5 Å². The fourth-order valence-corrected chi connectivity index (χ4v) is 4.33. The maximum absolute atomic E-state index is 13.7. The number of benzene rings is 2. The van der Waals surface area contributed by atoms with Crippen LogP contribution in [-0.4, -0.2) is 30.5 Å². The summed E-state index contributed by atoms with van der Waals surface area (Å²) in [5.74, 6) is 0.567. The fourth-order valence-electron chi connectivity index (χ4n) is 4.33. The molecule has 1 aliphatic carbocycles. The maximum atomic E-state index is 13.7. The summed E-state index contributed by atoms with van der Waals surface area (Å²) in [6.45, 7) is -0.0944. The van der Waals surface area contributed by atoms with Crippen LogP contribution in [0.2, 0.25) is 0 Å². The monoisotopic (exact) mass is 444 g/mol. The Labute approximate surface area is 188 Å². The van der Waals surface area contributed by atoms with Gasteiger partial charge < -0.3 is 19.2 Å². The second-order valence-corrected chi connectivity index (χ2v) is 7.57. The summed E-state index contributed by atoms with van der Waals surface area (Å²) in [4.78, 5) is 39.9. The minimum Gasteiger partial charge on any atom is -0.493 e. The number of nitrogens with one attached hydrogen (secondary N) is 1. The Morgan fingerprint density at radius 2 is 1.79 bits per heavy atom. The molecule has 0 saturated heterocycles. The van der Waals surface area contributed by atoms with Crippen molar-refractivity contribution in [2.75, 3.05) is 14.2 Å². The molecule has 2 aromatic carbocycles. The molecule has 0 unspecified atom stereocenters. The van der Waals surface area contributed by atoms with E-state index in [9.17, 15) is 14.4 Å². The first-order chi connectivity index (χ1) is 16.0. The number of rotatable bonds is 6. The molecule has 0 aliphatic heterocycles. The molecule has 1 N–H and O–H groups in total. The van der Waals surface area contributed by atoms with Crippen molar-refractivity contribution in [1.29, 1.82) is 0 Å². The molecular weight excluding hydrogens is 424 g/mol. The van der Waals surface area contributed by atoms with E-state index >= 15 is 0 Å². The summed E-state index contributed by atoms with van der Waals surface area (Å²) in [6.07, 6.45) is 1.52. The Morgan fingerprint density at radius 1 is 1.00 bits per heavy atom. The van der Waals surface area contributed by atoms with Gasteiger partial charge in [0, 0.05) is 16.5 Å². The first-order valence-corrected chi connectivity index (χ1v) is 10.3. The van der Waals surface area contributed by atoms with Crippen LogP contribution >= 0.6 is 0 Å². The van der Waals surface area contributed by atoms with Crippen LogP contribution < -0.4 is 20.3 Å². The molecule has 8 nitrogen and oxygen atoms in total. The average molecular weight is 444 g/mol. The molecule has 2 heterocycles. The lowest BCUT2D eigenvalue weighted by molar-refractivity contribution is -0.121. The average Bonchev–Trinajstić information content (AvgIpc) is 3.46. The first kappa shape index (κ1) is 20.6. The van der Waals surface area contributed by atoms with Crippen LogP contribution in [0.4, 0.5) is 0 Å². The van der Waals surface area contributed by atoms with Gasteiger partial charge in [-0.1, -0.05) is 24.3 Å². The number of hydrogen-bond donors (Lipinski definition) is 1. The zero-order valence-electron chi connectivity index (χ0n) is 18.0. The molecule has 0 radical (unpaired) electrons. The van der Waals surface area contributed by atoms with Crippen LogP contribution in [-0.2, 0) is 17.9 Å². The number of nitrogens with zero attached hydrogens (tertiary/aromatic N) is 1. The van der Waals surface area contributed by atoms with Crippen molar-refractivity contribution in [2.24, 2.45) is 0 Å². The zero-order valence-corrected chi connectivity index (χ0v) is 18.0. The Bertz CT molecular complexity index is 1470. The second-order valence-electron chi connectivity index (χ2n) is 7.57. The van der Waals surface area contributed by atoms with Crippen LogP contribution in [0.5, 0.6) is 11.5 Å². The van der Waals surface area contributed by atoms with E-state index < -0.39 is 11.5 Å². The van der Waals surface area contributed by atoms with Gasteiger partial charge in [-0.15, -0.1) is 0 Å². The van der Waals surface area contributed by atoms with E-state index in [1.54, 1.807) is 48.5 Å². The van der Waals surface area contributed by atoms with Gasteiger partial charge in [-0.3, -0.25) is 19.0 Å². The number of amides is 1. The van der Waals surface area contributed by atoms with Gasteiger partial charge in [0.25, 0.3) is 5.56 Å². The van der Waals surface area contributed by atoms with E-state index in [1.165, 1.54) is 25.0 Å². The number of aromatic nitrogens is 1. The molecular formula is C25H20N2O6. The van der Waals surface area contributed by atoms with Gasteiger partial charge in [-0.2, -0.15) is 0 Å². The SMILES string of the molecule is COc1ccc2c3c(n(CC(=O)NCc4ccco4)c(=O)c2c1OC)-c1ccccc1C3=O. The van der Waals surface area contributed by atoms with Crippen LogP contribution in [0.15, 0.2) is 64.0 Å². The van der Waals surface area contributed by atoms with Crippen LogP contribution in [0, 0.1) is 0 Å². The molecule has 0 saturated carbocycles. The Balaban J connectivity index is 1.72. The number of ether oxygens (including phenoxy) is 2. The van der Waals surface area contributed by atoms with Gasteiger partial charge in [-0.05, 0) is 24.3 Å². The molecule has 5 rings (SSSR count). The van der Waals surface area contributed by atoms with Crippen molar-refractivity contribution in [3.63, 3.8) is 0 Å². The number of carbonyl (C=O) groups is 2. The largest absolute Gasteiger partial charge is 0.493 e. The highest BCUT2D eigenvalue weighted by atomic mass is 16.5. The quantitative estimate of drug-likeness (QED) is 0.432. The second kappa shape index (κ2) is 7.98. The van der Waals surface area contributed by atoms with E-state index in [0.717, 1.165) is 0 Å². The van der Waals surface area contributed by atoms with Crippen molar-refractivity contribution in [3.05, 3.63) is 82.0 Å². The number of fused-ring (bicyclic) bond motifs is 5. The van der Waals surface area contributed by atoms with Gasteiger partial charge in [0.1, 0.15) is 12.3 Å².